The summed E-state index contributed by atoms with van der Waals surface area (Å²) in [6.45, 7) is 0.378. The number of nitrogens with zero attached hydrogens (tertiary/aromatic N) is 2. The van der Waals surface area contributed by atoms with Gasteiger partial charge in [-0.2, -0.15) is 4.99 Å². The monoisotopic (exact) mass is 114 g/mol. The number of guanidine groups is 1. The fraction of sp³-hybridized carbons (Fsp3) is 0.333. The number of amidine groups is 1. The molecule has 0 amide bonds. The van der Waals surface area contributed by atoms with E-state index in [1.54, 1.807) is 5.48 Å². The van der Waals surface area contributed by atoms with Crippen molar-refractivity contribution < 1.29 is 5.21 Å². The average molecular weight is 114 g/mol. The molecule has 0 saturated carbocycles. The second-order valence-electron chi connectivity index (χ2n) is 1.35. The van der Waals surface area contributed by atoms with E-state index in [0.29, 0.717) is 12.4 Å². The molecule has 0 radical (unpaired) electrons. The van der Waals surface area contributed by atoms with Gasteiger partial charge in [0.15, 0.2) is 0 Å². The van der Waals surface area contributed by atoms with Crippen molar-refractivity contribution in [1.29, 1.82) is 0 Å². The van der Waals surface area contributed by atoms with Crippen LogP contribution in [0.1, 0.15) is 0 Å². The van der Waals surface area contributed by atoms with Crippen molar-refractivity contribution >= 4 is 11.8 Å². The number of hydrogen-bond acceptors (Lipinski definition) is 5. The molecule has 0 unspecified atom stereocenters. The first-order valence-electron chi connectivity index (χ1n) is 2.10. The first-order chi connectivity index (χ1) is 3.83. The van der Waals surface area contributed by atoms with E-state index >= 15 is 0 Å². The third-order valence-electron chi connectivity index (χ3n) is 0.740. The van der Waals surface area contributed by atoms with Gasteiger partial charge in [0.2, 0.25) is 5.96 Å². The Labute approximate surface area is 45.9 Å². The summed E-state index contributed by atoms with van der Waals surface area (Å²) in [5.74, 6) is 0.601. The van der Waals surface area contributed by atoms with Crippen molar-refractivity contribution in [2.45, 2.75) is 0 Å². The molecule has 1 rings (SSSR count). The molecule has 0 saturated heterocycles. The minimum atomic E-state index is 0.183. The first kappa shape index (κ1) is 5.04. The van der Waals surface area contributed by atoms with E-state index in [1.165, 1.54) is 0 Å². The van der Waals surface area contributed by atoms with Crippen LogP contribution < -0.4 is 11.2 Å². The molecular weight excluding hydrogens is 108 g/mol. The number of aliphatic imine (C=N–C) groups is 2. The van der Waals surface area contributed by atoms with Crippen LogP contribution in [-0.2, 0) is 0 Å². The average Bonchev–Trinajstić information content (AvgIpc) is 2.14. The Bertz CT molecular complexity index is 149. The Morgan fingerprint density at radius 1 is 1.75 bits per heavy atom. The van der Waals surface area contributed by atoms with E-state index in [2.05, 4.69) is 9.98 Å². The number of nitrogens with two attached hydrogens (primary N) is 1. The molecule has 0 aromatic heterocycles. The summed E-state index contributed by atoms with van der Waals surface area (Å²) in [5.41, 5.74) is 6.96. The van der Waals surface area contributed by atoms with Gasteiger partial charge in [-0.05, 0) is 0 Å². The van der Waals surface area contributed by atoms with Crippen LogP contribution in [0.3, 0.4) is 0 Å². The van der Waals surface area contributed by atoms with E-state index in [9.17, 15) is 0 Å². The van der Waals surface area contributed by atoms with Crippen molar-refractivity contribution in [1.82, 2.24) is 5.48 Å². The van der Waals surface area contributed by atoms with Crippen molar-refractivity contribution in [3.63, 3.8) is 0 Å². The second-order valence-corrected chi connectivity index (χ2v) is 1.35. The molecule has 0 aliphatic carbocycles. The summed E-state index contributed by atoms with van der Waals surface area (Å²) in [6, 6.07) is 0. The standard InChI is InChI=1S/C3H6N4O/c4-2-1-5-3(6-2)7-8/h8H,1H2,(H3,4,5,6,7). The third kappa shape index (κ3) is 0.760. The fourth-order valence-corrected chi connectivity index (χ4v) is 0.423. The lowest BCUT2D eigenvalue weighted by atomic mass is 10.6. The molecule has 0 aromatic rings. The molecule has 5 heteroatoms. The number of nitrogens with one attached hydrogen (secondary N) is 1. The van der Waals surface area contributed by atoms with Crippen LogP contribution in [0.25, 0.3) is 0 Å². The predicted molar refractivity (Wildman–Crippen MR) is 28.8 cm³/mol. The Morgan fingerprint density at radius 2 is 2.50 bits per heavy atom. The zero-order valence-electron chi connectivity index (χ0n) is 4.13. The fourth-order valence-electron chi connectivity index (χ4n) is 0.423. The van der Waals surface area contributed by atoms with Gasteiger partial charge < -0.3 is 5.73 Å². The smallest absolute Gasteiger partial charge is 0.244 e. The zero-order chi connectivity index (χ0) is 5.98. The minimum Gasteiger partial charge on any atom is -0.385 e. The summed E-state index contributed by atoms with van der Waals surface area (Å²) in [5, 5.41) is 8.14. The predicted octanol–water partition coefficient (Wildman–Crippen LogP) is -1.31. The number of rotatable bonds is 0. The SMILES string of the molecule is NC1=NC(NO)=NC1. The van der Waals surface area contributed by atoms with Crippen LogP contribution in [0.15, 0.2) is 9.98 Å². The molecule has 1 heterocycles. The van der Waals surface area contributed by atoms with Gasteiger partial charge in [0, 0.05) is 0 Å². The largest absolute Gasteiger partial charge is 0.385 e. The molecule has 4 N–H and O–H groups in total. The highest BCUT2D eigenvalue weighted by molar-refractivity contribution is 6.00. The highest BCUT2D eigenvalue weighted by atomic mass is 16.5. The van der Waals surface area contributed by atoms with Gasteiger partial charge in [0.25, 0.3) is 0 Å². The summed E-state index contributed by atoms with van der Waals surface area (Å²) >= 11 is 0. The summed E-state index contributed by atoms with van der Waals surface area (Å²) in [6.07, 6.45) is 0. The van der Waals surface area contributed by atoms with Gasteiger partial charge >= 0.3 is 0 Å². The van der Waals surface area contributed by atoms with Crippen molar-refractivity contribution in [2.24, 2.45) is 15.7 Å². The van der Waals surface area contributed by atoms with Gasteiger partial charge in [-0.1, -0.05) is 0 Å². The molecule has 8 heavy (non-hydrogen) atoms. The van der Waals surface area contributed by atoms with Crippen LogP contribution in [0, 0.1) is 0 Å². The molecule has 0 aromatic carbocycles. The summed E-state index contributed by atoms with van der Waals surface area (Å²) < 4.78 is 0. The maximum Gasteiger partial charge on any atom is 0.244 e. The van der Waals surface area contributed by atoms with Crippen LogP contribution >= 0.6 is 0 Å². The topological polar surface area (TPSA) is 83.0 Å². The highest BCUT2D eigenvalue weighted by Crippen LogP contribution is 1.86. The zero-order valence-corrected chi connectivity index (χ0v) is 4.13. The van der Waals surface area contributed by atoms with Gasteiger partial charge in [0.1, 0.15) is 12.4 Å². The van der Waals surface area contributed by atoms with E-state index in [-0.39, 0.29) is 5.96 Å². The van der Waals surface area contributed by atoms with Crippen LogP contribution in [-0.4, -0.2) is 23.5 Å². The normalized spacial score (nSPS) is 17.6. The Morgan fingerprint density at radius 3 is 2.75 bits per heavy atom. The highest BCUT2D eigenvalue weighted by Gasteiger charge is 2.02. The first-order valence-corrected chi connectivity index (χ1v) is 2.10. The van der Waals surface area contributed by atoms with Crippen molar-refractivity contribution in [2.75, 3.05) is 6.54 Å². The van der Waals surface area contributed by atoms with Gasteiger partial charge in [0.05, 0.1) is 0 Å². The Balaban J connectivity index is 2.58. The molecular formula is C3H6N4O. The van der Waals surface area contributed by atoms with E-state index < -0.39 is 0 Å². The molecule has 0 bridgehead atoms. The minimum absolute atomic E-state index is 0.183. The summed E-state index contributed by atoms with van der Waals surface area (Å²) in [7, 11) is 0. The maximum absolute atomic E-state index is 8.14. The number of hydrogen-bond donors (Lipinski definition) is 3. The van der Waals surface area contributed by atoms with Gasteiger partial charge in [-0.25, -0.2) is 10.5 Å². The van der Waals surface area contributed by atoms with Crippen LogP contribution in [0.4, 0.5) is 0 Å². The quantitative estimate of drug-likeness (QED) is 0.342. The maximum atomic E-state index is 8.14. The van der Waals surface area contributed by atoms with Crippen LogP contribution in [0.5, 0.6) is 0 Å². The van der Waals surface area contributed by atoms with Crippen LogP contribution in [0.2, 0.25) is 0 Å². The van der Waals surface area contributed by atoms with Crippen molar-refractivity contribution in [3.8, 4) is 0 Å². The van der Waals surface area contributed by atoms with Crippen molar-refractivity contribution in [3.05, 3.63) is 0 Å². The Hall–Kier alpha value is -1.10. The molecule has 1 aliphatic rings. The number of hydroxylamine groups is 1. The lowest BCUT2D eigenvalue weighted by Gasteiger charge is -1.86. The third-order valence-corrected chi connectivity index (χ3v) is 0.740. The molecule has 0 spiro atoms. The molecule has 0 fully saturated rings. The lowest BCUT2D eigenvalue weighted by Crippen LogP contribution is -2.16. The lowest BCUT2D eigenvalue weighted by molar-refractivity contribution is 0.233. The van der Waals surface area contributed by atoms with E-state index in [4.69, 9.17) is 10.9 Å². The molecule has 5 nitrogen and oxygen atoms in total. The van der Waals surface area contributed by atoms with Gasteiger partial charge in [-0.15, -0.1) is 0 Å². The van der Waals surface area contributed by atoms with E-state index in [1.807, 2.05) is 0 Å². The van der Waals surface area contributed by atoms with Gasteiger partial charge in [-0.3, -0.25) is 5.21 Å². The molecule has 44 valence electrons. The molecule has 1 aliphatic heterocycles. The Kier molecular flexibility index (Phi) is 1.13. The summed E-state index contributed by atoms with van der Waals surface area (Å²) in [4.78, 5) is 7.25. The molecule has 0 atom stereocenters. The van der Waals surface area contributed by atoms with E-state index in [0.717, 1.165) is 0 Å². The second kappa shape index (κ2) is 1.79.